The standard InChI is InChI=1S/C17H22F4N4O.HI/c1-22-16(24-11-15(26)25-7-3-2-4-8-25)23-10-12-5-6-13(18)9-14(12)17(19,20)21;/h5-6,9H,2-4,7-8,10-11H2,1H3,(H2,22,23,24);1H. The number of amides is 1. The minimum Gasteiger partial charge on any atom is -0.352 e. The Morgan fingerprint density at radius 1 is 1.19 bits per heavy atom. The van der Waals surface area contributed by atoms with E-state index in [-0.39, 0.29) is 54.5 Å². The molecule has 27 heavy (non-hydrogen) atoms. The summed E-state index contributed by atoms with van der Waals surface area (Å²) in [4.78, 5) is 17.8. The summed E-state index contributed by atoms with van der Waals surface area (Å²) in [6.07, 6.45) is -1.59. The van der Waals surface area contributed by atoms with Gasteiger partial charge in [-0.2, -0.15) is 13.2 Å². The number of guanidine groups is 1. The molecule has 0 radical (unpaired) electrons. The van der Waals surface area contributed by atoms with Crippen molar-refractivity contribution in [2.24, 2.45) is 4.99 Å². The zero-order chi connectivity index (χ0) is 19.2. The molecule has 152 valence electrons. The number of hydrogen-bond donors (Lipinski definition) is 2. The van der Waals surface area contributed by atoms with Crippen molar-refractivity contribution in [2.75, 3.05) is 26.7 Å². The first-order valence-electron chi connectivity index (χ1n) is 8.39. The molecule has 0 aliphatic carbocycles. The Hall–Kier alpha value is -1.59. The van der Waals surface area contributed by atoms with Crippen molar-refractivity contribution in [3.05, 3.63) is 35.1 Å². The SMILES string of the molecule is CN=C(NCC(=O)N1CCCCC1)NCc1ccc(F)cc1C(F)(F)F.I. The Morgan fingerprint density at radius 3 is 2.44 bits per heavy atom. The molecule has 1 aliphatic rings. The van der Waals surface area contributed by atoms with Crippen molar-refractivity contribution in [1.82, 2.24) is 15.5 Å². The van der Waals surface area contributed by atoms with Crippen LogP contribution in [0.5, 0.6) is 0 Å². The minimum atomic E-state index is -4.65. The Kier molecular flexibility index (Phi) is 9.27. The highest BCUT2D eigenvalue weighted by Crippen LogP contribution is 2.32. The number of nitrogens with zero attached hydrogens (tertiary/aromatic N) is 2. The van der Waals surface area contributed by atoms with Gasteiger partial charge in [-0.05, 0) is 37.0 Å². The molecule has 0 bridgehead atoms. The highest BCUT2D eigenvalue weighted by atomic mass is 127. The minimum absolute atomic E-state index is 0. The zero-order valence-corrected chi connectivity index (χ0v) is 17.2. The third-order valence-corrected chi connectivity index (χ3v) is 4.16. The van der Waals surface area contributed by atoms with E-state index < -0.39 is 17.6 Å². The van der Waals surface area contributed by atoms with Gasteiger partial charge in [-0.15, -0.1) is 24.0 Å². The van der Waals surface area contributed by atoms with E-state index in [4.69, 9.17) is 0 Å². The van der Waals surface area contributed by atoms with E-state index in [1.807, 2.05) is 0 Å². The quantitative estimate of drug-likeness (QED) is 0.288. The highest BCUT2D eigenvalue weighted by Gasteiger charge is 2.33. The summed E-state index contributed by atoms with van der Waals surface area (Å²) in [5.41, 5.74) is -1.14. The summed E-state index contributed by atoms with van der Waals surface area (Å²) < 4.78 is 52.1. The molecule has 2 rings (SSSR count). The normalized spacial score (nSPS) is 15.1. The van der Waals surface area contributed by atoms with Crippen molar-refractivity contribution in [1.29, 1.82) is 0 Å². The van der Waals surface area contributed by atoms with Gasteiger partial charge < -0.3 is 15.5 Å². The number of likely N-dealkylation sites (tertiary alicyclic amines) is 1. The molecule has 1 saturated heterocycles. The molecule has 1 fully saturated rings. The van der Waals surface area contributed by atoms with Crippen LogP contribution in [0.4, 0.5) is 17.6 Å². The number of rotatable bonds is 4. The van der Waals surface area contributed by atoms with Gasteiger partial charge in [-0.25, -0.2) is 4.39 Å². The topological polar surface area (TPSA) is 56.7 Å². The number of aliphatic imine (C=N–C) groups is 1. The third kappa shape index (κ3) is 7.15. The fourth-order valence-electron chi connectivity index (χ4n) is 2.78. The molecule has 1 aliphatic heterocycles. The van der Waals surface area contributed by atoms with Crippen LogP contribution in [-0.4, -0.2) is 43.4 Å². The number of hydrogen-bond acceptors (Lipinski definition) is 2. The van der Waals surface area contributed by atoms with E-state index in [0.29, 0.717) is 6.07 Å². The van der Waals surface area contributed by atoms with E-state index >= 15 is 0 Å². The number of halogens is 5. The monoisotopic (exact) mass is 502 g/mol. The lowest BCUT2D eigenvalue weighted by Crippen LogP contribution is -2.45. The molecule has 5 nitrogen and oxygen atoms in total. The predicted molar refractivity (Wildman–Crippen MR) is 105 cm³/mol. The van der Waals surface area contributed by atoms with Crippen molar-refractivity contribution < 1.29 is 22.4 Å². The summed E-state index contributed by atoms with van der Waals surface area (Å²) in [5.74, 6) is -0.825. The van der Waals surface area contributed by atoms with E-state index in [2.05, 4.69) is 15.6 Å². The van der Waals surface area contributed by atoms with Gasteiger partial charge in [0, 0.05) is 26.7 Å². The van der Waals surface area contributed by atoms with Crippen LogP contribution >= 0.6 is 24.0 Å². The van der Waals surface area contributed by atoms with Crippen LogP contribution in [0.1, 0.15) is 30.4 Å². The fraction of sp³-hybridized carbons (Fsp3) is 0.529. The Bertz CT molecular complexity index is 661. The van der Waals surface area contributed by atoms with Crippen molar-refractivity contribution >= 4 is 35.8 Å². The van der Waals surface area contributed by atoms with Crippen LogP contribution in [0.25, 0.3) is 0 Å². The maximum atomic E-state index is 13.1. The molecule has 0 spiro atoms. The molecule has 0 aromatic heterocycles. The summed E-state index contributed by atoms with van der Waals surface area (Å²) >= 11 is 0. The molecule has 1 aromatic rings. The number of carbonyl (C=O) groups excluding carboxylic acids is 1. The summed E-state index contributed by atoms with van der Waals surface area (Å²) in [6, 6.07) is 2.52. The molecule has 1 heterocycles. The van der Waals surface area contributed by atoms with Crippen LogP contribution in [0.2, 0.25) is 0 Å². The summed E-state index contributed by atoms with van der Waals surface area (Å²) in [6.45, 7) is 1.25. The zero-order valence-electron chi connectivity index (χ0n) is 14.9. The molecule has 2 N–H and O–H groups in total. The van der Waals surface area contributed by atoms with Gasteiger partial charge in [-0.1, -0.05) is 6.07 Å². The third-order valence-electron chi connectivity index (χ3n) is 4.16. The molecule has 0 saturated carbocycles. The van der Waals surface area contributed by atoms with Gasteiger partial charge in [-0.3, -0.25) is 9.79 Å². The fourth-order valence-corrected chi connectivity index (χ4v) is 2.78. The number of alkyl halides is 3. The second kappa shape index (κ2) is 10.7. The van der Waals surface area contributed by atoms with Crippen LogP contribution < -0.4 is 10.6 Å². The Morgan fingerprint density at radius 2 is 1.85 bits per heavy atom. The molecule has 10 heteroatoms. The lowest BCUT2D eigenvalue weighted by Gasteiger charge is -2.27. The second-order valence-corrected chi connectivity index (χ2v) is 6.02. The van der Waals surface area contributed by atoms with Crippen LogP contribution in [-0.2, 0) is 17.5 Å². The van der Waals surface area contributed by atoms with Crippen LogP contribution in [0.15, 0.2) is 23.2 Å². The molecule has 1 aromatic carbocycles. The van der Waals surface area contributed by atoms with Crippen molar-refractivity contribution in [2.45, 2.75) is 32.0 Å². The smallest absolute Gasteiger partial charge is 0.352 e. The lowest BCUT2D eigenvalue weighted by molar-refractivity contribution is -0.138. The summed E-state index contributed by atoms with van der Waals surface area (Å²) in [5, 5.41) is 5.52. The number of carbonyl (C=O) groups is 1. The van der Waals surface area contributed by atoms with E-state index in [0.717, 1.165) is 44.5 Å². The van der Waals surface area contributed by atoms with E-state index in [1.54, 1.807) is 4.90 Å². The number of nitrogens with one attached hydrogen (secondary N) is 2. The maximum Gasteiger partial charge on any atom is 0.416 e. The summed E-state index contributed by atoms with van der Waals surface area (Å²) in [7, 11) is 1.45. The molecule has 1 amide bonds. The van der Waals surface area contributed by atoms with Crippen molar-refractivity contribution in [3.63, 3.8) is 0 Å². The van der Waals surface area contributed by atoms with Gasteiger partial charge >= 0.3 is 6.18 Å². The van der Waals surface area contributed by atoms with E-state index in [9.17, 15) is 22.4 Å². The average molecular weight is 502 g/mol. The van der Waals surface area contributed by atoms with Gasteiger partial charge in [0.2, 0.25) is 5.91 Å². The first kappa shape index (κ1) is 23.4. The largest absolute Gasteiger partial charge is 0.416 e. The number of benzene rings is 1. The molecular weight excluding hydrogens is 479 g/mol. The molecule has 0 unspecified atom stereocenters. The predicted octanol–water partition coefficient (Wildman–Crippen LogP) is 3.14. The van der Waals surface area contributed by atoms with Gasteiger partial charge in [0.05, 0.1) is 12.1 Å². The average Bonchev–Trinajstić information content (AvgIpc) is 2.62. The highest BCUT2D eigenvalue weighted by molar-refractivity contribution is 14.0. The second-order valence-electron chi connectivity index (χ2n) is 6.02. The van der Waals surface area contributed by atoms with Crippen LogP contribution in [0.3, 0.4) is 0 Å². The maximum absolute atomic E-state index is 13.1. The van der Waals surface area contributed by atoms with Crippen molar-refractivity contribution in [3.8, 4) is 0 Å². The van der Waals surface area contributed by atoms with E-state index in [1.165, 1.54) is 7.05 Å². The first-order valence-corrected chi connectivity index (χ1v) is 8.39. The molecular formula is C17H23F4IN4O. The van der Waals surface area contributed by atoms with Gasteiger partial charge in [0.1, 0.15) is 5.82 Å². The Balaban J connectivity index is 0.00000364. The van der Waals surface area contributed by atoms with Gasteiger partial charge in [0.25, 0.3) is 0 Å². The first-order chi connectivity index (χ1) is 12.3. The molecule has 0 atom stereocenters. The van der Waals surface area contributed by atoms with Crippen LogP contribution in [0, 0.1) is 5.82 Å². The lowest BCUT2D eigenvalue weighted by atomic mass is 10.1. The van der Waals surface area contributed by atoms with Gasteiger partial charge in [0.15, 0.2) is 5.96 Å². The number of piperidine rings is 1. The Labute approximate surface area is 172 Å².